The lowest BCUT2D eigenvalue weighted by Gasteiger charge is -2.22. The van der Waals surface area contributed by atoms with Crippen molar-refractivity contribution >= 4 is 28.9 Å². The summed E-state index contributed by atoms with van der Waals surface area (Å²) in [5, 5.41) is 14.1. The molecule has 0 unspecified atom stereocenters. The van der Waals surface area contributed by atoms with Crippen LogP contribution in [0.2, 0.25) is 0 Å². The van der Waals surface area contributed by atoms with Crippen LogP contribution in [0.1, 0.15) is 64.1 Å². The van der Waals surface area contributed by atoms with Crippen molar-refractivity contribution in [1.29, 1.82) is 0 Å². The van der Waals surface area contributed by atoms with Crippen LogP contribution in [-0.4, -0.2) is 45.3 Å². The van der Waals surface area contributed by atoms with Crippen molar-refractivity contribution in [3.05, 3.63) is 40.2 Å². The average molecular weight is 504 g/mol. The fourth-order valence-corrected chi connectivity index (χ4v) is 5.84. The van der Waals surface area contributed by atoms with Crippen LogP contribution in [-0.2, 0) is 12.6 Å². The number of piperidine rings is 1. The monoisotopic (exact) mass is 503 g/mol. The van der Waals surface area contributed by atoms with E-state index in [0.717, 1.165) is 61.2 Å². The number of amides is 1. The summed E-state index contributed by atoms with van der Waals surface area (Å²) in [6, 6.07) is 1.79. The van der Waals surface area contributed by atoms with Crippen molar-refractivity contribution < 1.29 is 18.0 Å². The molecule has 6 rings (SSSR count). The van der Waals surface area contributed by atoms with E-state index in [0.29, 0.717) is 29.3 Å². The minimum atomic E-state index is -4.63. The van der Waals surface area contributed by atoms with Gasteiger partial charge >= 0.3 is 6.18 Å². The zero-order chi connectivity index (χ0) is 24.2. The average Bonchev–Trinajstić information content (AvgIpc) is 3.44. The Morgan fingerprint density at radius 3 is 2.66 bits per heavy atom. The van der Waals surface area contributed by atoms with E-state index >= 15 is 0 Å². The number of thiophene rings is 1. The van der Waals surface area contributed by atoms with Crippen molar-refractivity contribution in [1.82, 2.24) is 30.4 Å². The summed E-state index contributed by atoms with van der Waals surface area (Å²) in [5.74, 6) is 0.154. The highest BCUT2D eigenvalue weighted by atomic mass is 32.1. The van der Waals surface area contributed by atoms with Gasteiger partial charge in [-0.25, -0.2) is 9.97 Å². The first-order valence-corrected chi connectivity index (χ1v) is 12.6. The van der Waals surface area contributed by atoms with Crippen LogP contribution in [0.4, 0.5) is 24.8 Å². The number of nitrogens with zero attached hydrogens (tertiary/aromatic N) is 4. The molecule has 3 aromatic rings. The van der Waals surface area contributed by atoms with Crippen LogP contribution in [0.15, 0.2) is 18.5 Å². The van der Waals surface area contributed by atoms with Gasteiger partial charge in [-0.3, -0.25) is 9.48 Å². The van der Waals surface area contributed by atoms with Crippen LogP contribution in [0.5, 0.6) is 0 Å². The first-order valence-electron chi connectivity index (χ1n) is 11.8. The van der Waals surface area contributed by atoms with Crippen LogP contribution >= 0.6 is 11.3 Å². The van der Waals surface area contributed by atoms with E-state index in [1.165, 1.54) is 17.4 Å². The second kappa shape index (κ2) is 8.59. The summed E-state index contributed by atoms with van der Waals surface area (Å²) in [4.78, 5) is 21.6. The normalized spacial score (nSPS) is 18.9. The molecule has 1 amide bonds. The van der Waals surface area contributed by atoms with E-state index in [9.17, 15) is 18.0 Å². The van der Waals surface area contributed by atoms with Crippen LogP contribution in [0, 0.1) is 0 Å². The largest absolute Gasteiger partial charge is 0.420 e. The third-order valence-electron chi connectivity index (χ3n) is 6.67. The van der Waals surface area contributed by atoms with Gasteiger partial charge in [0.15, 0.2) is 0 Å². The highest BCUT2D eigenvalue weighted by molar-refractivity contribution is 7.15. The molecule has 5 heterocycles. The number of nitrogens with one attached hydrogen (secondary N) is 3. The number of carbonyl (C=O) groups is 1. The molecule has 12 heteroatoms. The van der Waals surface area contributed by atoms with E-state index in [-0.39, 0.29) is 23.6 Å². The van der Waals surface area contributed by atoms with Gasteiger partial charge in [0.2, 0.25) is 5.95 Å². The number of halogens is 3. The highest BCUT2D eigenvalue weighted by Crippen LogP contribution is 2.44. The molecular weight excluding hydrogens is 479 g/mol. The molecule has 1 saturated carbocycles. The number of aromatic nitrogens is 4. The van der Waals surface area contributed by atoms with E-state index in [1.54, 1.807) is 0 Å². The quantitative estimate of drug-likeness (QED) is 0.482. The number of hydrogen-bond acceptors (Lipinski definition) is 7. The first kappa shape index (κ1) is 22.5. The van der Waals surface area contributed by atoms with Gasteiger partial charge in [0.25, 0.3) is 5.91 Å². The fourth-order valence-electron chi connectivity index (χ4n) is 4.68. The summed E-state index contributed by atoms with van der Waals surface area (Å²) in [7, 11) is 0. The Balaban J connectivity index is 1.37. The molecule has 2 aliphatic heterocycles. The summed E-state index contributed by atoms with van der Waals surface area (Å²) in [6.45, 7) is 2.33. The Morgan fingerprint density at radius 1 is 1.14 bits per heavy atom. The molecule has 3 aromatic heterocycles. The van der Waals surface area contributed by atoms with E-state index in [1.807, 2.05) is 10.9 Å². The lowest BCUT2D eigenvalue weighted by molar-refractivity contribution is -0.137. The molecule has 184 valence electrons. The molecule has 0 bridgehead atoms. The Morgan fingerprint density at radius 2 is 1.94 bits per heavy atom. The fraction of sp³-hybridized carbons (Fsp3) is 0.478. The second-order valence-electron chi connectivity index (χ2n) is 9.20. The second-order valence-corrected chi connectivity index (χ2v) is 10.3. The van der Waals surface area contributed by atoms with Crippen molar-refractivity contribution in [2.24, 2.45) is 0 Å². The van der Waals surface area contributed by atoms with Gasteiger partial charge in [-0.05, 0) is 51.3 Å². The smallest absolute Gasteiger partial charge is 0.352 e. The van der Waals surface area contributed by atoms with E-state index in [2.05, 4.69) is 25.9 Å². The van der Waals surface area contributed by atoms with Gasteiger partial charge in [0.05, 0.1) is 33.6 Å². The van der Waals surface area contributed by atoms with Crippen LogP contribution < -0.4 is 16.0 Å². The number of rotatable bonds is 5. The van der Waals surface area contributed by atoms with Gasteiger partial charge < -0.3 is 16.0 Å². The Bertz CT molecular complexity index is 1270. The zero-order valence-corrected chi connectivity index (χ0v) is 19.6. The van der Waals surface area contributed by atoms with Crippen LogP contribution in [0.25, 0.3) is 10.6 Å². The van der Waals surface area contributed by atoms with E-state index in [4.69, 9.17) is 5.10 Å². The first-order chi connectivity index (χ1) is 16.9. The van der Waals surface area contributed by atoms with Crippen molar-refractivity contribution in [2.45, 2.75) is 50.2 Å². The highest BCUT2D eigenvalue weighted by Gasteiger charge is 2.37. The molecular formula is C23H24F3N7OS. The van der Waals surface area contributed by atoms with Gasteiger partial charge in [0.1, 0.15) is 5.56 Å². The van der Waals surface area contributed by atoms with E-state index < -0.39 is 11.7 Å². The maximum Gasteiger partial charge on any atom is 0.420 e. The molecule has 0 atom stereocenters. The predicted octanol–water partition coefficient (Wildman–Crippen LogP) is 4.25. The summed E-state index contributed by atoms with van der Waals surface area (Å²) < 4.78 is 43.5. The molecule has 3 aliphatic rings. The molecule has 8 nitrogen and oxygen atoms in total. The summed E-state index contributed by atoms with van der Waals surface area (Å²) >= 11 is 1.18. The molecule has 35 heavy (non-hydrogen) atoms. The number of fused-ring (bicyclic) bond motifs is 1. The molecule has 2 fully saturated rings. The molecule has 0 radical (unpaired) electrons. The number of alkyl halides is 3. The van der Waals surface area contributed by atoms with Crippen LogP contribution in [0.3, 0.4) is 0 Å². The molecule has 0 spiro atoms. The van der Waals surface area contributed by atoms with Gasteiger partial charge in [0, 0.05) is 29.7 Å². The van der Waals surface area contributed by atoms with Crippen molar-refractivity contribution in [2.75, 3.05) is 25.0 Å². The Kier molecular flexibility index (Phi) is 5.52. The zero-order valence-electron chi connectivity index (χ0n) is 18.8. The maximum atomic E-state index is 13.8. The van der Waals surface area contributed by atoms with Crippen molar-refractivity contribution in [3.8, 4) is 10.6 Å². The van der Waals surface area contributed by atoms with Gasteiger partial charge in [-0.2, -0.15) is 18.3 Å². The lowest BCUT2D eigenvalue weighted by atomic mass is 10.1. The number of anilines is 2. The molecule has 3 N–H and O–H groups in total. The Labute approximate surface area is 203 Å². The van der Waals surface area contributed by atoms with Gasteiger partial charge in [-0.1, -0.05) is 0 Å². The van der Waals surface area contributed by atoms with Gasteiger partial charge in [-0.15, -0.1) is 11.3 Å². The standard InChI is InChI=1S/C23H24F3N7OS/c24-23(25,26)15-10-29-22(31-20(15)18-9-14-17(35-18)5-8-28-21(14)34)30-16-11-33(13-3-6-27-7-4-13)32-19(16)12-1-2-12/h9-13,27H,1-8H2,(H,28,34)(H,29,30,31). The minimum Gasteiger partial charge on any atom is -0.352 e. The summed E-state index contributed by atoms with van der Waals surface area (Å²) in [5.41, 5.74) is 0.922. The lowest BCUT2D eigenvalue weighted by Crippen LogP contribution is -2.30. The Hall–Kier alpha value is -2.99. The summed E-state index contributed by atoms with van der Waals surface area (Å²) in [6.07, 6.45) is 2.74. The predicted molar refractivity (Wildman–Crippen MR) is 125 cm³/mol. The maximum absolute atomic E-state index is 13.8. The third-order valence-corrected chi connectivity index (χ3v) is 7.87. The number of hydrogen-bond donors (Lipinski definition) is 3. The van der Waals surface area contributed by atoms with Crippen molar-refractivity contribution in [3.63, 3.8) is 0 Å². The topological polar surface area (TPSA) is 96.8 Å². The number of carbonyl (C=O) groups excluding carboxylic acids is 1. The third kappa shape index (κ3) is 4.40. The minimum absolute atomic E-state index is 0.0792. The molecule has 1 saturated heterocycles. The molecule has 0 aromatic carbocycles. The SMILES string of the molecule is O=C1NCCc2sc(-c3nc(Nc4cn(C5CCNCC5)nc4C4CC4)ncc3C(F)(F)F)cc21. The molecule has 1 aliphatic carbocycles.